The molecule has 2 rings (SSSR count). The number of rotatable bonds is 7. The second kappa shape index (κ2) is 10.2. The van der Waals surface area contributed by atoms with Crippen LogP contribution in [-0.4, -0.2) is 35.7 Å². The highest BCUT2D eigenvalue weighted by atomic mass is 35.5. The number of hydrogen-bond acceptors (Lipinski definition) is 8. The number of carbonyl (C=O) groups is 2. The number of carbonyl (C=O) groups excluding carboxylic acids is 2. The number of amides is 1. The lowest BCUT2D eigenvalue weighted by Crippen LogP contribution is -2.29. The maximum absolute atomic E-state index is 12.8. The Balaban J connectivity index is 2.25. The molecule has 0 saturated carbocycles. The molecule has 0 aliphatic heterocycles. The van der Waals surface area contributed by atoms with Crippen molar-refractivity contribution in [2.75, 3.05) is 13.7 Å². The Morgan fingerprint density at radius 2 is 1.88 bits per heavy atom. The molecule has 0 aliphatic rings. The van der Waals surface area contributed by atoms with Crippen LogP contribution in [0.4, 0.5) is 23.7 Å². The van der Waals surface area contributed by atoms with E-state index in [-0.39, 0.29) is 23.1 Å². The minimum atomic E-state index is -4.62. The number of hydroxylamine groups is 2. The molecule has 0 saturated heterocycles. The molecule has 0 aromatic heterocycles. The van der Waals surface area contributed by atoms with Crippen LogP contribution in [0, 0.1) is 10.1 Å². The van der Waals surface area contributed by atoms with Gasteiger partial charge in [0.05, 0.1) is 22.1 Å². The minimum absolute atomic E-state index is 0.0118. The molecule has 1 amide bonds. The fourth-order valence-electron chi connectivity index (χ4n) is 2.17. The Kier molecular flexibility index (Phi) is 7.83. The van der Waals surface area contributed by atoms with Gasteiger partial charge in [-0.3, -0.25) is 15.0 Å². The fraction of sp³-hybridized carbons (Fsp3) is 0.222. The van der Waals surface area contributed by atoms with E-state index in [1.807, 2.05) is 0 Å². The fourth-order valence-corrected chi connectivity index (χ4v) is 2.39. The van der Waals surface area contributed by atoms with E-state index >= 15 is 0 Å². The third-order valence-electron chi connectivity index (χ3n) is 3.62. The quantitative estimate of drug-likeness (QED) is 0.304. The summed E-state index contributed by atoms with van der Waals surface area (Å²) in [6, 6.07) is 5.19. The molecular weight excluding hydrogens is 465 g/mol. The van der Waals surface area contributed by atoms with E-state index in [2.05, 4.69) is 14.6 Å². The SMILES string of the molecule is CCOC(=O)N(C)OOC(=O)c1cc(Oc2ccc(C(F)(F)F)cc2Cl)ccc1[N+](=O)[O-]. The Bertz CT molecular complexity index is 1030. The largest absolute Gasteiger partial charge is 0.456 e. The van der Waals surface area contributed by atoms with E-state index in [1.165, 1.54) is 6.92 Å². The van der Waals surface area contributed by atoms with Crippen LogP contribution in [0.25, 0.3) is 0 Å². The van der Waals surface area contributed by atoms with E-state index < -0.39 is 40.0 Å². The first kappa shape index (κ1) is 24.7. The second-order valence-electron chi connectivity index (χ2n) is 5.82. The summed E-state index contributed by atoms with van der Waals surface area (Å²) in [6.07, 6.45) is -5.62. The van der Waals surface area contributed by atoms with Crippen molar-refractivity contribution in [1.82, 2.24) is 5.06 Å². The molecule has 14 heteroatoms. The molecule has 0 spiro atoms. The van der Waals surface area contributed by atoms with Gasteiger partial charge in [0, 0.05) is 19.2 Å². The van der Waals surface area contributed by atoms with Gasteiger partial charge in [-0.2, -0.15) is 13.2 Å². The van der Waals surface area contributed by atoms with E-state index in [1.54, 1.807) is 0 Å². The summed E-state index contributed by atoms with van der Waals surface area (Å²) in [4.78, 5) is 42.8. The summed E-state index contributed by atoms with van der Waals surface area (Å²) in [5, 5.41) is 11.3. The molecular formula is C18H14ClF3N2O8. The number of halogens is 4. The van der Waals surface area contributed by atoms with Gasteiger partial charge >= 0.3 is 18.2 Å². The molecule has 0 radical (unpaired) electrons. The van der Waals surface area contributed by atoms with Crippen molar-refractivity contribution in [3.63, 3.8) is 0 Å². The Labute approximate surface area is 183 Å². The molecule has 0 fully saturated rings. The number of alkyl halides is 3. The lowest BCUT2D eigenvalue weighted by Gasteiger charge is -2.14. The average Bonchev–Trinajstić information content (AvgIpc) is 2.72. The number of nitro benzene ring substituents is 1. The van der Waals surface area contributed by atoms with E-state index in [0.717, 1.165) is 37.4 Å². The molecule has 10 nitrogen and oxygen atoms in total. The number of ether oxygens (including phenoxy) is 2. The van der Waals surface area contributed by atoms with E-state index in [9.17, 15) is 32.9 Å². The first-order valence-corrected chi connectivity index (χ1v) is 8.94. The zero-order valence-electron chi connectivity index (χ0n) is 16.3. The van der Waals surface area contributed by atoms with E-state index in [0.29, 0.717) is 11.1 Å². The normalized spacial score (nSPS) is 10.9. The standard InChI is InChI=1S/C18H14ClF3N2O8/c1-3-29-17(26)23(2)32-31-16(25)12-9-11(5-6-14(12)24(27)28)30-15-7-4-10(8-13(15)19)18(20,21)22/h4-9H,3H2,1-2H3. The summed E-state index contributed by atoms with van der Waals surface area (Å²) in [6.45, 7) is 1.54. The maximum Gasteiger partial charge on any atom is 0.436 e. The summed E-state index contributed by atoms with van der Waals surface area (Å²) in [7, 11) is 1.06. The summed E-state index contributed by atoms with van der Waals surface area (Å²) < 4.78 is 48.2. The third-order valence-corrected chi connectivity index (χ3v) is 3.92. The van der Waals surface area contributed by atoms with Gasteiger partial charge in [-0.25, -0.2) is 9.59 Å². The van der Waals surface area contributed by atoms with Crippen LogP contribution in [0.15, 0.2) is 36.4 Å². The molecule has 2 aromatic rings. The Hall–Kier alpha value is -3.58. The first-order valence-electron chi connectivity index (χ1n) is 8.56. The van der Waals surface area contributed by atoms with Crippen LogP contribution in [0.2, 0.25) is 5.02 Å². The van der Waals surface area contributed by atoms with Crippen molar-refractivity contribution in [1.29, 1.82) is 0 Å². The van der Waals surface area contributed by atoms with Crippen molar-refractivity contribution < 1.29 is 47.0 Å². The Morgan fingerprint density at radius 3 is 2.44 bits per heavy atom. The molecule has 0 atom stereocenters. The Morgan fingerprint density at radius 1 is 1.19 bits per heavy atom. The highest BCUT2D eigenvalue weighted by molar-refractivity contribution is 6.32. The first-order chi connectivity index (χ1) is 14.9. The lowest BCUT2D eigenvalue weighted by atomic mass is 10.1. The number of nitro groups is 1. The molecule has 0 unspecified atom stereocenters. The average molecular weight is 479 g/mol. The number of hydrogen-bond donors (Lipinski definition) is 0. The molecule has 32 heavy (non-hydrogen) atoms. The van der Waals surface area contributed by atoms with Gasteiger partial charge in [0.1, 0.15) is 17.1 Å². The molecule has 0 N–H and O–H groups in total. The van der Waals surface area contributed by atoms with Gasteiger partial charge in [0.15, 0.2) is 0 Å². The molecule has 0 bridgehead atoms. The van der Waals surface area contributed by atoms with Crippen molar-refractivity contribution in [2.24, 2.45) is 0 Å². The van der Waals surface area contributed by atoms with Gasteiger partial charge < -0.3 is 9.47 Å². The van der Waals surface area contributed by atoms with Crippen molar-refractivity contribution in [2.45, 2.75) is 13.1 Å². The van der Waals surface area contributed by atoms with Crippen molar-refractivity contribution in [3.05, 3.63) is 62.7 Å². The predicted octanol–water partition coefficient (Wildman–Crippen LogP) is 5.15. The highest BCUT2D eigenvalue weighted by Gasteiger charge is 2.31. The van der Waals surface area contributed by atoms with Gasteiger partial charge in [-0.15, -0.1) is 5.06 Å². The molecule has 0 heterocycles. The zero-order valence-corrected chi connectivity index (χ0v) is 17.1. The third kappa shape index (κ3) is 6.21. The summed E-state index contributed by atoms with van der Waals surface area (Å²) in [5.74, 6) is -1.74. The maximum atomic E-state index is 12.8. The summed E-state index contributed by atoms with van der Waals surface area (Å²) in [5.41, 5.74) is -2.33. The van der Waals surface area contributed by atoms with E-state index in [4.69, 9.17) is 16.3 Å². The molecule has 0 aliphatic carbocycles. The minimum Gasteiger partial charge on any atom is -0.456 e. The molecule has 2 aromatic carbocycles. The second-order valence-corrected chi connectivity index (χ2v) is 6.23. The van der Waals surface area contributed by atoms with Crippen LogP contribution >= 0.6 is 11.6 Å². The lowest BCUT2D eigenvalue weighted by molar-refractivity contribution is -0.386. The van der Waals surface area contributed by atoms with Crippen molar-refractivity contribution >= 4 is 29.4 Å². The van der Waals surface area contributed by atoms with Crippen LogP contribution in [-0.2, 0) is 20.8 Å². The van der Waals surface area contributed by atoms with Crippen LogP contribution in [0.3, 0.4) is 0 Å². The predicted molar refractivity (Wildman–Crippen MR) is 101 cm³/mol. The van der Waals surface area contributed by atoms with Gasteiger partial charge in [-0.1, -0.05) is 16.6 Å². The topological polar surface area (TPSA) is 117 Å². The van der Waals surface area contributed by atoms with Crippen LogP contribution < -0.4 is 4.74 Å². The zero-order chi connectivity index (χ0) is 24.1. The smallest absolute Gasteiger partial charge is 0.436 e. The highest BCUT2D eigenvalue weighted by Crippen LogP contribution is 2.37. The van der Waals surface area contributed by atoms with Gasteiger partial charge in [-0.05, 0) is 31.2 Å². The molecule has 172 valence electrons. The van der Waals surface area contributed by atoms with Crippen LogP contribution in [0.5, 0.6) is 11.5 Å². The number of benzene rings is 2. The van der Waals surface area contributed by atoms with Crippen molar-refractivity contribution in [3.8, 4) is 11.5 Å². The monoisotopic (exact) mass is 478 g/mol. The van der Waals surface area contributed by atoms with Gasteiger partial charge in [0.25, 0.3) is 5.69 Å². The summed E-state index contributed by atoms with van der Waals surface area (Å²) >= 11 is 5.82. The number of nitrogens with zero attached hydrogens (tertiary/aromatic N) is 2. The van der Waals surface area contributed by atoms with Gasteiger partial charge in [0.2, 0.25) is 0 Å². The van der Waals surface area contributed by atoms with Crippen LogP contribution in [0.1, 0.15) is 22.8 Å².